The van der Waals surface area contributed by atoms with Gasteiger partial charge in [-0.15, -0.1) is 0 Å². The molecule has 0 saturated heterocycles. The maximum absolute atomic E-state index is 14.6. The molecule has 5 aromatic rings. The van der Waals surface area contributed by atoms with Gasteiger partial charge in [0.15, 0.2) is 4.80 Å². The Kier molecular flexibility index (Phi) is 7.64. The first-order valence-electron chi connectivity index (χ1n) is 14.5. The lowest BCUT2D eigenvalue weighted by Gasteiger charge is -2.25. The van der Waals surface area contributed by atoms with Crippen LogP contribution < -0.4 is 29.8 Å². The summed E-state index contributed by atoms with van der Waals surface area (Å²) < 4.78 is 7.29. The highest BCUT2D eigenvalue weighted by atomic mass is 35.5. The Hall–Kier alpha value is -5.25. The Morgan fingerprint density at radius 1 is 0.957 bits per heavy atom. The van der Waals surface area contributed by atoms with E-state index in [4.69, 9.17) is 21.3 Å². The van der Waals surface area contributed by atoms with Gasteiger partial charge in [-0.2, -0.15) is 0 Å². The largest absolute Gasteiger partial charge is 0.497 e. The minimum Gasteiger partial charge on any atom is -0.497 e. The summed E-state index contributed by atoms with van der Waals surface area (Å²) in [7, 11) is 1.56. The fourth-order valence-corrected chi connectivity index (χ4v) is 7.20. The second-order valence-corrected chi connectivity index (χ2v) is 12.3. The van der Waals surface area contributed by atoms with Crippen molar-refractivity contribution in [2.45, 2.75) is 19.5 Å². The number of nitrogens with zero attached hydrogens (tertiary/aromatic N) is 3. The molecule has 0 unspecified atom stereocenters. The molecule has 1 aromatic heterocycles. The molecule has 0 radical (unpaired) electrons. The average Bonchev–Trinajstić information content (AvgIpc) is 3.53. The fraction of sp³-hybridized carbons (Fsp3) is 0.111. The number of methoxy groups -OCH3 is 1. The number of carbonyl (C=O) groups excluding carboxylic acids is 2. The van der Waals surface area contributed by atoms with Crippen LogP contribution in [0.2, 0.25) is 5.02 Å². The van der Waals surface area contributed by atoms with Crippen LogP contribution in [0.1, 0.15) is 29.7 Å². The zero-order valence-corrected chi connectivity index (χ0v) is 26.4. The molecular formula is C36H27ClN4O4S. The van der Waals surface area contributed by atoms with Crippen molar-refractivity contribution in [3.8, 4) is 5.75 Å². The molecule has 1 atom stereocenters. The zero-order valence-electron chi connectivity index (χ0n) is 24.9. The maximum Gasteiger partial charge on any atom is 0.271 e. The predicted octanol–water partition coefficient (Wildman–Crippen LogP) is 5.45. The SMILES string of the molecule is COc1cccc([C@@H]2C(C(=O)Nc3ccccc3)=C(C)N=c3s/c(=C4/C(=O)N(Cc5ccc(Cl)cc5)c5ccccc54)c(=O)n32)c1. The van der Waals surface area contributed by atoms with Gasteiger partial charge in [0.1, 0.15) is 10.3 Å². The first kappa shape index (κ1) is 29.5. The van der Waals surface area contributed by atoms with Crippen LogP contribution in [-0.2, 0) is 16.1 Å². The number of carbonyl (C=O) groups is 2. The fourth-order valence-electron chi connectivity index (χ4n) is 5.94. The number of hydrogen-bond acceptors (Lipinski definition) is 6. The molecule has 228 valence electrons. The van der Waals surface area contributed by atoms with Gasteiger partial charge in [0.2, 0.25) is 0 Å². The molecule has 0 spiro atoms. The summed E-state index contributed by atoms with van der Waals surface area (Å²) in [5.41, 5.74) is 4.28. The van der Waals surface area contributed by atoms with Crippen LogP contribution in [0.4, 0.5) is 11.4 Å². The van der Waals surface area contributed by atoms with Gasteiger partial charge in [-0.3, -0.25) is 19.0 Å². The molecule has 8 nitrogen and oxygen atoms in total. The van der Waals surface area contributed by atoms with Gasteiger partial charge in [0.05, 0.1) is 42.2 Å². The van der Waals surface area contributed by atoms with Crippen LogP contribution in [0.3, 0.4) is 0 Å². The normalized spacial score (nSPS) is 16.5. The number of halogens is 1. The molecule has 10 heteroatoms. The number of hydrogen-bond donors (Lipinski definition) is 1. The average molecular weight is 647 g/mol. The van der Waals surface area contributed by atoms with Gasteiger partial charge in [0.25, 0.3) is 17.4 Å². The van der Waals surface area contributed by atoms with Gasteiger partial charge >= 0.3 is 0 Å². The van der Waals surface area contributed by atoms with Gasteiger partial charge in [-0.25, -0.2) is 4.99 Å². The summed E-state index contributed by atoms with van der Waals surface area (Å²) in [6.45, 7) is 2.07. The van der Waals surface area contributed by atoms with Gasteiger partial charge in [0, 0.05) is 16.3 Å². The van der Waals surface area contributed by atoms with Crippen LogP contribution in [-0.4, -0.2) is 23.5 Å². The van der Waals surface area contributed by atoms with E-state index in [0.717, 1.165) is 16.9 Å². The monoisotopic (exact) mass is 646 g/mol. The highest BCUT2D eigenvalue weighted by Crippen LogP contribution is 2.37. The number of rotatable bonds is 6. The molecule has 3 heterocycles. The minimum absolute atomic E-state index is 0.264. The molecule has 1 N–H and O–H groups in total. The molecular weight excluding hydrogens is 620 g/mol. The van der Waals surface area contributed by atoms with Crippen LogP contribution >= 0.6 is 22.9 Å². The van der Waals surface area contributed by atoms with Gasteiger partial charge < -0.3 is 15.0 Å². The molecule has 2 amide bonds. The number of ether oxygens (including phenoxy) is 1. The molecule has 4 aromatic carbocycles. The Balaban J connectivity index is 1.41. The van der Waals surface area contributed by atoms with Crippen molar-refractivity contribution in [3.63, 3.8) is 0 Å². The number of allylic oxidation sites excluding steroid dienone is 1. The van der Waals surface area contributed by atoms with Crippen molar-refractivity contribution < 1.29 is 14.3 Å². The van der Waals surface area contributed by atoms with Crippen LogP contribution in [0.5, 0.6) is 5.75 Å². The summed E-state index contributed by atoms with van der Waals surface area (Å²) in [4.78, 5) is 49.5. The van der Waals surface area contributed by atoms with Gasteiger partial charge in [-0.05, 0) is 60.5 Å². The van der Waals surface area contributed by atoms with E-state index in [0.29, 0.717) is 61.5 Å². The molecule has 2 aliphatic rings. The minimum atomic E-state index is -0.818. The van der Waals surface area contributed by atoms with Crippen molar-refractivity contribution in [3.05, 3.63) is 156 Å². The Bertz CT molecular complexity index is 2240. The van der Waals surface area contributed by atoms with E-state index in [1.165, 1.54) is 4.57 Å². The smallest absolute Gasteiger partial charge is 0.271 e. The number of aromatic nitrogens is 1. The number of anilines is 2. The van der Waals surface area contributed by atoms with Crippen molar-refractivity contribution in [1.29, 1.82) is 0 Å². The van der Waals surface area contributed by atoms with Crippen LogP contribution in [0.25, 0.3) is 5.57 Å². The van der Waals surface area contributed by atoms with Crippen molar-refractivity contribution in [2.24, 2.45) is 4.99 Å². The number of nitrogens with one attached hydrogen (secondary N) is 1. The summed E-state index contributed by atoms with van der Waals surface area (Å²) >= 11 is 7.25. The standard InChI is InChI=1S/C36H27ClN4O4S/c1-21-29(33(42)39-25-10-4-3-5-11-25)31(23-9-8-12-26(19-23)45-2)41-35(44)32(46-36(41)38-21)30-27-13-6-7-14-28(27)40(34(30)43)20-22-15-17-24(37)18-16-22/h3-19,31H,20H2,1-2H3,(H,39,42)/b32-30+/t31-/m1/s1. The first-order chi connectivity index (χ1) is 22.3. The summed E-state index contributed by atoms with van der Waals surface area (Å²) in [5, 5.41) is 3.57. The van der Waals surface area contributed by atoms with Gasteiger partial charge in [-0.1, -0.05) is 83.6 Å². The second kappa shape index (κ2) is 11.9. The summed E-state index contributed by atoms with van der Waals surface area (Å²) in [6.07, 6.45) is 0. The van der Waals surface area contributed by atoms with E-state index >= 15 is 0 Å². The molecule has 0 bridgehead atoms. The number of fused-ring (bicyclic) bond motifs is 2. The Labute approximate surface area is 273 Å². The molecule has 0 aliphatic carbocycles. The number of benzene rings is 4. The Morgan fingerprint density at radius 2 is 1.70 bits per heavy atom. The highest BCUT2D eigenvalue weighted by Gasteiger charge is 2.37. The second-order valence-electron chi connectivity index (χ2n) is 10.9. The molecule has 0 fully saturated rings. The topological polar surface area (TPSA) is 93.0 Å². The third kappa shape index (κ3) is 5.13. The van der Waals surface area contributed by atoms with Crippen molar-refractivity contribution in [1.82, 2.24) is 4.57 Å². The number of amides is 2. The maximum atomic E-state index is 14.6. The van der Waals surface area contributed by atoms with E-state index in [1.807, 2.05) is 72.8 Å². The first-order valence-corrected chi connectivity index (χ1v) is 15.7. The number of para-hydroxylation sites is 2. The Morgan fingerprint density at radius 3 is 2.46 bits per heavy atom. The molecule has 0 saturated carbocycles. The third-order valence-electron chi connectivity index (χ3n) is 8.09. The van der Waals surface area contributed by atoms with E-state index in [1.54, 1.807) is 49.3 Å². The zero-order chi connectivity index (χ0) is 31.9. The molecule has 46 heavy (non-hydrogen) atoms. The van der Waals surface area contributed by atoms with Crippen molar-refractivity contribution >= 4 is 51.7 Å². The van der Waals surface area contributed by atoms with Crippen LogP contribution in [0, 0.1) is 0 Å². The summed E-state index contributed by atoms with van der Waals surface area (Å²) in [6, 6.07) is 30.4. The lowest BCUT2D eigenvalue weighted by atomic mass is 9.95. The molecule has 2 aliphatic heterocycles. The number of thiazole rings is 1. The van der Waals surface area contributed by atoms with E-state index in [-0.39, 0.29) is 16.3 Å². The van der Waals surface area contributed by atoms with E-state index < -0.39 is 11.6 Å². The highest BCUT2D eigenvalue weighted by molar-refractivity contribution is 7.07. The van der Waals surface area contributed by atoms with E-state index in [2.05, 4.69) is 5.32 Å². The van der Waals surface area contributed by atoms with Crippen molar-refractivity contribution in [2.75, 3.05) is 17.3 Å². The summed E-state index contributed by atoms with van der Waals surface area (Å²) in [5.74, 6) is -0.0793. The molecule has 7 rings (SSSR count). The lowest BCUT2D eigenvalue weighted by molar-refractivity contribution is -0.114. The lowest BCUT2D eigenvalue weighted by Crippen LogP contribution is -2.41. The van der Waals surface area contributed by atoms with E-state index in [9.17, 15) is 14.4 Å². The predicted molar refractivity (Wildman–Crippen MR) is 180 cm³/mol. The quantitative estimate of drug-likeness (QED) is 0.266. The van der Waals surface area contributed by atoms with Crippen LogP contribution in [0.15, 0.2) is 124 Å². The third-order valence-corrected chi connectivity index (χ3v) is 9.39.